The highest BCUT2D eigenvalue weighted by Gasteiger charge is 2.56. The SMILES string of the molecule is O=S(C(c1cc(OCCc2ccc(C(F)(F)F)cc2)c(Cl)cc1Cl)C(F)(F)F)C(c1cc(OCCc2ccc(C(F)(F)F)cc2)c(Cl)cc1Cl)C(F)(F)F. The van der Waals surface area contributed by atoms with Gasteiger partial charge in [-0.2, -0.15) is 52.7 Å². The predicted octanol–water partition coefficient (Wildman–Crippen LogP) is 13.2. The molecule has 0 radical (unpaired) electrons. The number of hydrogen-bond donors (Lipinski definition) is 0. The molecule has 294 valence electrons. The van der Waals surface area contributed by atoms with Gasteiger partial charge >= 0.3 is 24.7 Å². The molecular formula is C34H22Cl4F12O3S. The van der Waals surface area contributed by atoms with E-state index in [1.807, 2.05) is 0 Å². The van der Waals surface area contributed by atoms with Crippen molar-refractivity contribution in [2.45, 2.75) is 48.0 Å². The fourth-order valence-electron chi connectivity index (χ4n) is 4.99. The van der Waals surface area contributed by atoms with Crippen molar-refractivity contribution in [1.82, 2.24) is 0 Å². The molecule has 0 saturated heterocycles. The highest BCUT2D eigenvalue weighted by molar-refractivity contribution is 7.85. The molecule has 0 fully saturated rings. The van der Waals surface area contributed by atoms with Crippen molar-refractivity contribution in [3.63, 3.8) is 0 Å². The third kappa shape index (κ3) is 11.0. The van der Waals surface area contributed by atoms with Gasteiger partial charge in [-0.25, -0.2) is 0 Å². The van der Waals surface area contributed by atoms with Gasteiger partial charge in [-0.1, -0.05) is 70.7 Å². The summed E-state index contributed by atoms with van der Waals surface area (Å²) in [6.07, 6.45) is -20.6. The third-order valence-corrected chi connectivity index (χ3v) is 10.8. The summed E-state index contributed by atoms with van der Waals surface area (Å²) >= 11 is 24.2. The molecule has 3 nitrogen and oxygen atoms in total. The van der Waals surface area contributed by atoms with Crippen molar-refractivity contribution in [2.75, 3.05) is 13.2 Å². The summed E-state index contributed by atoms with van der Waals surface area (Å²) in [5.41, 5.74) is -3.41. The van der Waals surface area contributed by atoms with Crippen molar-refractivity contribution in [3.8, 4) is 11.5 Å². The van der Waals surface area contributed by atoms with Gasteiger partial charge in [-0.15, -0.1) is 0 Å². The summed E-state index contributed by atoms with van der Waals surface area (Å²) in [7, 11) is -3.98. The van der Waals surface area contributed by atoms with E-state index in [2.05, 4.69) is 0 Å². The first-order chi connectivity index (χ1) is 24.9. The van der Waals surface area contributed by atoms with Crippen molar-refractivity contribution >= 4 is 57.2 Å². The van der Waals surface area contributed by atoms with E-state index in [-0.39, 0.29) is 36.1 Å². The number of ether oxygens (including phenoxy) is 2. The zero-order valence-electron chi connectivity index (χ0n) is 26.6. The maximum Gasteiger partial charge on any atom is 0.416 e. The molecule has 4 aromatic rings. The zero-order chi connectivity index (χ0) is 40.4. The number of halogens is 16. The van der Waals surface area contributed by atoms with Gasteiger partial charge in [0.1, 0.15) is 11.5 Å². The van der Waals surface area contributed by atoms with Crippen LogP contribution >= 0.6 is 46.4 Å². The van der Waals surface area contributed by atoms with E-state index >= 15 is 0 Å². The van der Waals surface area contributed by atoms with Gasteiger partial charge in [0.25, 0.3) is 0 Å². The summed E-state index contributed by atoms with van der Waals surface area (Å²) in [5, 5.41) is -9.23. The second-order valence-corrected chi connectivity index (χ2v) is 14.6. The van der Waals surface area contributed by atoms with E-state index in [4.69, 9.17) is 55.9 Å². The molecule has 0 spiro atoms. The molecule has 0 heterocycles. The molecule has 2 unspecified atom stereocenters. The molecule has 4 rings (SSSR count). The average Bonchev–Trinajstić information content (AvgIpc) is 3.03. The Kier molecular flexibility index (Phi) is 13.7. The minimum absolute atomic E-state index is 0.0684. The van der Waals surface area contributed by atoms with Crippen LogP contribution in [-0.4, -0.2) is 29.8 Å². The second-order valence-electron chi connectivity index (χ2n) is 11.4. The Morgan fingerprint density at radius 1 is 0.500 bits per heavy atom. The van der Waals surface area contributed by atoms with Crippen LogP contribution in [0, 0.1) is 0 Å². The van der Waals surface area contributed by atoms with Crippen molar-refractivity contribution < 1.29 is 66.4 Å². The van der Waals surface area contributed by atoms with Crippen LogP contribution in [0.4, 0.5) is 52.7 Å². The largest absolute Gasteiger partial charge is 0.492 e. The molecule has 0 saturated carbocycles. The maximum absolute atomic E-state index is 14.7. The van der Waals surface area contributed by atoms with Crippen LogP contribution in [0.1, 0.15) is 43.9 Å². The molecule has 2 atom stereocenters. The van der Waals surface area contributed by atoms with E-state index < -0.39 is 89.8 Å². The van der Waals surface area contributed by atoms with Crippen LogP contribution in [0.15, 0.2) is 72.8 Å². The molecule has 0 bridgehead atoms. The van der Waals surface area contributed by atoms with Crippen molar-refractivity contribution in [1.29, 1.82) is 0 Å². The maximum atomic E-state index is 14.7. The van der Waals surface area contributed by atoms with Gasteiger partial charge < -0.3 is 9.47 Å². The summed E-state index contributed by atoms with van der Waals surface area (Å²) in [4.78, 5) is 0. The van der Waals surface area contributed by atoms with Gasteiger partial charge in [-0.05, 0) is 70.8 Å². The molecule has 0 aromatic heterocycles. The Morgan fingerprint density at radius 3 is 1.09 bits per heavy atom. The average molecular weight is 880 g/mol. The predicted molar refractivity (Wildman–Crippen MR) is 180 cm³/mol. The Hall–Kier alpha value is -3.05. The van der Waals surface area contributed by atoms with Crippen LogP contribution in [0.5, 0.6) is 11.5 Å². The first-order valence-electron chi connectivity index (χ1n) is 15.0. The van der Waals surface area contributed by atoms with E-state index in [0.717, 1.165) is 60.7 Å². The Morgan fingerprint density at radius 2 is 0.815 bits per heavy atom. The van der Waals surface area contributed by atoms with E-state index in [9.17, 15) is 56.9 Å². The number of alkyl halides is 12. The van der Waals surface area contributed by atoms with Gasteiger partial charge in [0.15, 0.2) is 10.5 Å². The molecule has 4 aromatic carbocycles. The monoisotopic (exact) mass is 878 g/mol. The standard InChI is InChI=1S/C34H22Cl4F12O3S/c35-23-15-25(37)27(52-11-9-17-1-5-19(6-2-17)31(39,40)41)13-21(23)29(33(45,46)47)54(51)30(34(48,49)50)22-14-28(26(38)16-24(22)36)53-12-10-18-3-7-20(8-4-18)32(42,43)44/h1-8,13-16,29-30H,9-12H2. The number of benzene rings is 4. The van der Waals surface area contributed by atoms with Crippen LogP contribution in [-0.2, 0) is 36.0 Å². The zero-order valence-corrected chi connectivity index (χ0v) is 30.4. The van der Waals surface area contributed by atoms with Crippen LogP contribution in [0.25, 0.3) is 0 Å². The number of hydrogen-bond acceptors (Lipinski definition) is 3. The summed E-state index contributed by atoms with van der Waals surface area (Å²) < 4.78 is 190. The minimum Gasteiger partial charge on any atom is -0.492 e. The fraction of sp³-hybridized carbons (Fsp3) is 0.294. The van der Waals surface area contributed by atoms with E-state index in [1.165, 1.54) is 0 Å². The van der Waals surface area contributed by atoms with Gasteiger partial charge in [0, 0.05) is 22.9 Å². The highest BCUT2D eigenvalue weighted by Crippen LogP contribution is 2.52. The quantitative estimate of drug-likeness (QED) is 0.133. The van der Waals surface area contributed by atoms with E-state index in [0.29, 0.717) is 23.3 Å². The lowest BCUT2D eigenvalue weighted by atomic mass is 10.1. The first-order valence-corrected chi connectivity index (χ1v) is 17.7. The third-order valence-electron chi connectivity index (χ3n) is 7.59. The molecule has 0 aliphatic heterocycles. The Balaban J connectivity index is 1.62. The normalized spacial score (nSPS) is 14.4. The Bertz CT molecular complexity index is 1810. The lowest BCUT2D eigenvalue weighted by Crippen LogP contribution is -2.34. The van der Waals surface area contributed by atoms with E-state index in [1.54, 1.807) is 0 Å². The lowest BCUT2D eigenvalue weighted by Gasteiger charge is -2.29. The van der Waals surface area contributed by atoms with Gasteiger partial charge in [0.2, 0.25) is 0 Å². The molecular weight excluding hydrogens is 858 g/mol. The molecule has 0 aliphatic carbocycles. The summed E-state index contributed by atoms with van der Waals surface area (Å²) in [5.74, 6) is -1.02. The van der Waals surface area contributed by atoms with Gasteiger partial charge in [0.05, 0.1) is 45.2 Å². The van der Waals surface area contributed by atoms with Gasteiger partial charge in [-0.3, -0.25) is 4.21 Å². The van der Waals surface area contributed by atoms with Crippen LogP contribution < -0.4 is 9.47 Å². The summed E-state index contributed by atoms with van der Waals surface area (Å²) in [6.45, 7) is -0.724. The minimum atomic E-state index is -5.64. The van der Waals surface area contributed by atoms with Crippen molar-refractivity contribution in [2.24, 2.45) is 0 Å². The van der Waals surface area contributed by atoms with Crippen LogP contribution in [0.3, 0.4) is 0 Å². The molecule has 0 N–H and O–H groups in total. The van der Waals surface area contributed by atoms with Crippen molar-refractivity contribution in [3.05, 3.63) is 126 Å². The molecule has 20 heteroatoms. The summed E-state index contributed by atoms with van der Waals surface area (Å²) in [6, 6.07) is 10.4. The Labute approximate surface area is 321 Å². The molecule has 0 aliphatic rings. The fourth-order valence-corrected chi connectivity index (χ4v) is 7.91. The van der Waals surface area contributed by atoms with Crippen LogP contribution in [0.2, 0.25) is 20.1 Å². The molecule has 0 amide bonds. The topological polar surface area (TPSA) is 35.5 Å². The smallest absolute Gasteiger partial charge is 0.416 e. The molecule has 54 heavy (non-hydrogen) atoms. The number of rotatable bonds is 12. The highest BCUT2D eigenvalue weighted by atomic mass is 35.5. The first kappa shape index (κ1) is 43.7. The second kappa shape index (κ2) is 17.0. The lowest BCUT2D eigenvalue weighted by molar-refractivity contribution is -0.139.